The minimum absolute atomic E-state index is 0.263. The molecule has 2 N–H and O–H groups in total. The summed E-state index contributed by atoms with van der Waals surface area (Å²) in [5.41, 5.74) is 1.31. The van der Waals surface area contributed by atoms with Gasteiger partial charge in [0.25, 0.3) is 5.91 Å². The van der Waals surface area contributed by atoms with Crippen molar-refractivity contribution in [1.29, 1.82) is 0 Å². The SMILES string of the molecule is CCOc1cc(C(=O)NCc2ccccc2OC2CCC2)ccc1OCC(=O)O. The highest BCUT2D eigenvalue weighted by Gasteiger charge is 2.20. The molecule has 1 aliphatic rings. The van der Waals surface area contributed by atoms with Crippen LogP contribution in [0.2, 0.25) is 0 Å². The molecule has 3 rings (SSSR count). The summed E-state index contributed by atoms with van der Waals surface area (Å²) in [6.45, 7) is 2.01. The first kappa shape index (κ1) is 20.5. The number of ether oxygens (including phenoxy) is 3. The number of aliphatic carboxylic acids is 1. The summed E-state index contributed by atoms with van der Waals surface area (Å²) < 4.78 is 16.7. The molecule has 7 heteroatoms. The summed E-state index contributed by atoms with van der Waals surface area (Å²) in [5.74, 6) is 0.0522. The van der Waals surface area contributed by atoms with Gasteiger partial charge in [0.2, 0.25) is 0 Å². The maximum absolute atomic E-state index is 12.6. The van der Waals surface area contributed by atoms with Crippen LogP contribution < -0.4 is 19.5 Å². The smallest absolute Gasteiger partial charge is 0.341 e. The summed E-state index contributed by atoms with van der Waals surface area (Å²) >= 11 is 0. The van der Waals surface area contributed by atoms with E-state index in [0.29, 0.717) is 24.5 Å². The van der Waals surface area contributed by atoms with Crippen LogP contribution in [0.1, 0.15) is 42.1 Å². The maximum atomic E-state index is 12.6. The van der Waals surface area contributed by atoms with Crippen molar-refractivity contribution in [3.63, 3.8) is 0 Å². The molecule has 2 aromatic rings. The molecule has 0 aromatic heterocycles. The second kappa shape index (κ2) is 9.82. The molecule has 0 heterocycles. The highest BCUT2D eigenvalue weighted by molar-refractivity contribution is 5.94. The molecule has 0 radical (unpaired) electrons. The number of benzene rings is 2. The normalized spacial score (nSPS) is 13.3. The molecule has 29 heavy (non-hydrogen) atoms. The van der Waals surface area contributed by atoms with Crippen LogP contribution >= 0.6 is 0 Å². The second-order valence-electron chi connectivity index (χ2n) is 6.74. The van der Waals surface area contributed by atoms with Crippen LogP contribution in [0.4, 0.5) is 0 Å². The van der Waals surface area contributed by atoms with Crippen molar-refractivity contribution in [3.05, 3.63) is 53.6 Å². The van der Waals surface area contributed by atoms with Gasteiger partial charge in [0.05, 0.1) is 12.7 Å². The molecule has 0 bridgehead atoms. The van der Waals surface area contributed by atoms with Gasteiger partial charge < -0.3 is 24.6 Å². The van der Waals surface area contributed by atoms with Gasteiger partial charge in [-0.05, 0) is 50.5 Å². The molecule has 0 unspecified atom stereocenters. The van der Waals surface area contributed by atoms with E-state index in [9.17, 15) is 9.59 Å². The van der Waals surface area contributed by atoms with Gasteiger partial charge in [0, 0.05) is 17.7 Å². The van der Waals surface area contributed by atoms with Gasteiger partial charge in [0.15, 0.2) is 18.1 Å². The molecule has 1 aliphatic carbocycles. The Morgan fingerprint density at radius 1 is 1.07 bits per heavy atom. The van der Waals surface area contributed by atoms with E-state index in [4.69, 9.17) is 19.3 Å². The summed E-state index contributed by atoms with van der Waals surface area (Å²) in [4.78, 5) is 23.3. The van der Waals surface area contributed by atoms with Crippen LogP contribution in [0, 0.1) is 0 Å². The highest BCUT2D eigenvalue weighted by atomic mass is 16.5. The molecule has 7 nitrogen and oxygen atoms in total. The first-order chi connectivity index (χ1) is 14.1. The van der Waals surface area contributed by atoms with E-state index in [1.165, 1.54) is 12.5 Å². The number of nitrogens with one attached hydrogen (secondary N) is 1. The van der Waals surface area contributed by atoms with Crippen LogP contribution in [0.3, 0.4) is 0 Å². The Hall–Kier alpha value is -3.22. The molecule has 2 aromatic carbocycles. The van der Waals surface area contributed by atoms with Gasteiger partial charge in [-0.1, -0.05) is 18.2 Å². The van der Waals surface area contributed by atoms with Crippen molar-refractivity contribution >= 4 is 11.9 Å². The van der Waals surface area contributed by atoms with Crippen LogP contribution in [0.25, 0.3) is 0 Å². The van der Waals surface area contributed by atoms with E-state index in [-0.39, 0.29) is 17.8 Å². The Labute approximate surface area is 169 Å². The maximum Gasteiger partial charge on any atom is 0.341 e. The van der Waals surface area contributed by atoms with Crippen molar-refractivity contribution in [2.24, 2.45) is 0 Å². The average Bonchev–Trinajstić information content (AvgIpc) is 2.68. The van der Waals surface area contributed by atoms with Crippen LogP contribution in [0.5, 0.6) is 17.2 Å². The zero-order valence-corrected chi connectivity index (χ0v) is 16.3. The van der Waals surface area contributed by atoms with Crippen LogP contribution in [0.15, 0.2) is 42.5 Å². The van der Waals surface area contributed by atoms with Gasteiger partial charge in [-0.2, -0.15) is 0 Å². The van der Waals surface area contributed by atoms with Crippen molar-refractivity contribution in [1.82, 2.24) is 5.32 Å². The number of amides is 1. The van der Waals surface area contributed by atoms with E-state index in [1.54, 1.807) is 19.1 Å². The molecule has 154 valence electrons. The number of carbonyl (C=O) groups is 2. The zero-order chi connectivity index (χ0) is 20.6. The van der Waals surface area contributed by atoms with Crippen LogP contribution in [-0.2, 0) is 11.3 Å². The third-order valence-electron chi connectivity index (χ3n) is 4.61. The Morgan fingerprint density at radius 2 is 1.86 bits per heavy atom. The Morgan fingerprint density at radius 3 is 2.55 bits per heavy atom. The Kier molecular flexibility index (Phi) is 6.94. The number of para-hydroxylation sites is 1. The number of rotatable bonds is 10. The predicted molar refractivity (Wildman–Crippen MR) is 107 cm³/mol. The monoisotopic (exact) mass is 399 g/mol. The van der Waals surface area contributed by atoms with E-state index in [2.05, 4.69) is 5.32 Å². The van der Waals surface area contributed by atoms with E-state index in [0.717, 1.165) is 24.2 Å². The van der Waals surface area contributed by atoms with Gasteiger partial charge in [-0.15, -0.1) is 0 Å². The summed E-state index contributed by atoms with van der Waals surface area (Å²) in [6.07, 6.45) is 3.59. The fraction of sp³-hybridized carbons (Fsp3) is 0.364. The highest BCUT2D eigenvalue weighted by Crippen LogP contribution is 2.29. The number of carboxylic acid groups (broad SMARTS) is 1. The number of hydrogen-bond donors (Lipinski definition) is 2. The molecule has 1 saturated carbocycles. The minimum Gasteiger partial charge on any atom is -0.490 e. The fourth-order valence-corrected chi connectivity index (χ4v) is 2.89. The lowest BCUT2D eigenvalue weighted by atomic mass is 9.96. The number of hydrogen-bond acceptors (Lipinski definition) is 5. The predicted octanol–water partition coefficient (Wildman–Crippen LogP) is 3.41. The molecule has 1 fully saturated rings. The molecular weight excluding hydrogens is 374 g/mol. The number of carbonyl (C=O) groups excluding carboxylic acids is 1. The summed E-state index contributed by atoms with van der Waals surface area (Å²) in [7, 11) is 0. The Bertz CT molecular complexity index is 862. The third kappa shape index (κ3) is 5.63. The molecule has 0 aliphatic heterocycles. The molecule has 0 saturated heterocycles. The third-order valence-corrected chi connectivity index (χ3v) is 4.61. The van der Waals surface area contributed by atoms with E-state index in [1.807, 2.05) is 24.3 Å². The topological polar surface area (TPSA) is 94.1 Å². The largest absolute Gasteiger partial charge is 0.490 e. The first-order valence-electron chi connectivity index (χ1n) is 9.71. The number of carboxylic acids is 1. The zero-order valence-electron chi connectivity index (χ0n) is 16.3. The standard InChI is InChI=1S/C22H25NO6/c1-2-27-20-12-15(10-11-19(20)28-14-21(24)25)22(26)23-13-16-6-3-4-9-18(16)29-17-7-5-8-17/h3-4,6,9-12,17H,2,5,7-8,13-14H2,1H3,(H,23,26)(H,24,25). The lowest BCUT2D eigenvalue weighted by molar-refractivity contribution is -0.139. The summed E-state index contributed by atoms with van der Waals surface area (Å²) in [5, 5.41) is 11.7. The lowest BCUT2D eigenvalue weighted by Gasteiger charge is -2.27. The Balaban J connectivity index is 1.66. The quantitative estimate of drug-likeness (QED) is 0.636. The molecular formula is C22H25NO6. The van der Waals surface area contributed by atoms with Crippen molar-refractivity contribution in [3.8, 4) is 17.2 Å². The first-order valence-corrected chi connectivity index (χ1v) is 9.71. The second-order valence-corrected chi connectivity index (χ2v) is 6.74. The molecule has 0 atom stereocenters. The van der Waals surface area contributed by atoms with Crippen molar-refractivity contribution in [2.45, 2.75) is 38.8 Å². The van der Waals surface area contributed by atoms with Crippen LogP contribution in [-0.4, -0.2) is 36.3 Å². The van der Waals surface area contributed by atoms with Gasteiger partial charge in [-0.3, -0.25) is 4.79 Å². The lowest BCUT2D eigenvalue weighted by Crippen LogP contribution is -2.26. The van der Waals surface area contributed by atoms with Crippen molar-refractivity contribution < 1.29 is 28.9 Å². The van der Waals surface area contributed by atoms with E-state index < -0.39 is 12.6 Å². The fourth-order valence-electron chi connectivity index (χ4n) is 2.89. The average molecular weight is 399 g/mol. The molecule has 1 amide bonds. The molecule has 0 spiro atoms. The van der Waals surface area contributed by atoms with Gasteiger partial charge in [-0.25, -0.2) is 4.79 Å². The van der Waals surface area contributed by atoms with Gasteiger partial charge in [0.1, 0.15) is 5.75 Å². The van der Waals surface area contributed by atoms with E-state index >= 15 is 0 Å². The van der Waals surface area contributed by atoms with Crippen molar-refractivity contribution in [2.75, 3.05) is 13.2 Å². The van der Waals surface area contributed by atoms with Gasteiger partial charge >= 0.3 is 5.97 Å². The summed E-state index contributed by atoms with van der Waals surface area (Å²) in [6, 6.07) is 12.3. The minimum atomic E-state index is -1.09.